The van der Waals surface area contributed by atoms with E-state index in [4.69, 9.17) is 4.98 Å². The van der Waals surface area contributed by atoms with Crippen molar-refractivity contribution >= 4 is 39.6 Å². The van der Waals surface area contributed by atoms with Crippen LogP contribution in [0.4, 0.5) is 23.2 Å². The summed E-state index contributed by atoms with van der Waals surface area (Å²) in [5.41, 5.74) is 1.95. The molecule has 45 heavy (non-hydrogen) atoms. The van der Waals surface area contributed by atoms with Crippen molar-refractivity contribution in [1.82, 2.24) is 24.1 Å². The van der Waals surface area contributed by atoms with Crippen LogP contribution in [-0.4, -0.2) is 41.1 Å². The largest absolute Gasteiger partial charge is 0.477 e. The fourth-order valence-electron chi connectivity index (χ4n) is 5.96. The second-order valence-electron chi connectivity index (χ2n) is 10.7. The minimum atomic E-state index is -4.57. The number of pyridine rings is 2. The summed E-state index contributed by atoms with van der Waals surface area (Å²) in [6.45, 7) is 0.595. The fourth-order valence-corrected chi connectivity index (χ4v) is 5.96. The predicted molar refractivity (Wildman–Crippen MR) is 156 cm³/mol. The number of carboxylic acid groups (broad SMARTS) is 1. The van der Waals surface area contributed by atoms with Gasteiger partial charge in [0.2, 0.25) is 0 Å². The van der Waals surface area contributed by atoms with Gasteiger partial charge in [-0.25, -0.2) is 24.1 Å². The second kappa shape index (κ2) is 10.5. The molecule has 0 radical (unpaired) electrons. The van der Waals surface area contributed by atoms with Gasteiger partial charge in [-0.15, -0.1) is 0 Å². The maximum Gasteiger partial charge on any atom is 0.416 e. The average Bonchev–Trinajstić information content (AvgIpc) is 3.68. The van der Waals surface area contributed by atoms with Crippen molar-refractivity contribution in [1.29, 1.82) is 0 Å². The van der Waals surface area contributed by atoms with Crippen LogP contribution in [0, 0.1) is 5.82 Å². The lowest BCUT2D eigenvalue weighted by atomic mass is 9.95. The highest BCUT2D eigenvalue weighted by molar-refractivity contribution is 6.07. The van der Waals surface area contributed by atoms with Crippen molar-refractivity contribution in [2.75, 3.05) is 5.32 Å². The lowest BCUT2D eigenvalue weighted by Gasteiger charge is -2.12. The van der Waals surface area contributed by atoms with E-state index in [0.717, 1.165) is 12.1 Å². The molecule has 2 aromatic carbocycles. The molecule has 5 heterocycles. The molecule has 7 rings (SSSR count). The molecule has 0 spiro atoms. The molecule has 6 aromatic rings. The van der Waals surface area contributed by atoms with Gasteiger partial charge in [0.25, 0.3) is 5.91 Å². The molecule has 1 unspecified atom stereocenters. The van der Waals surface area contributed by atoms with Crippen LogP contribution in [0.25, 0.3) is 22.1 Å². The van der Waals surface area contributed by atoms with E-state index in [1.807, 2.05) is 4.57 Å². The average molecular weight is 615 g/mol. The zero-order valence-corrected chi connectivity index (χ0v) is 23.2. The summed E-state index contributed by atoms with van der Waals surface area (Å²) in [6, 6.07) is 15.4. The number of nitrogens with one attached hydrogen (secondary N) is 1. The standard InChI is InChI=1S/C32H22F4N6O3/c33-20-4-1-3-17(11-20)16-42-25-7-6-19(32(34,35)36)12-18(25)13-26(42)30(43)39-21-14-24-29(38-15-21)41-10-8-23(28(41)40-24)22-5-2-9-37-27(22)31(44)45/h1-7,9,11-15,23H,8,10,16H2,(H,39,43)(H,44,45). The minimum Gasteiger partial charge on any atom is -0.477 e. The Bertz CT molecular complexity index is 2150. The molecule has 0 fully saturated rings. The van der Waals surface area contributed by atoms with Crippen molar-refractivity contribution in [2.24, 2.45) is 0 Å². The number of carbonyl (C=O) groups is 2. The van der Waals surface area contributed by atoms with E-state index in [0.29, 0.717) is 52.3 Å². The highest BCUT2D eigenvalue weighted by Crippen LogP contribution is 2.38. The van der Waals surface area contributed by atoms with E-state index in [9.17, 15) is 32.3 Å². The maximum absolute atomic E-state index is 13.9. The topological polar surface area (TPSA) is 115 Å². The normalized spacial score (nSPS) is 14.6. The Labute approximate surface area is 251 Å². The van der Waals surface area contributed by atoms with Gasteiger partial charge in [0, 0.05) is 36.1 Å². The minimum absolute atomic E-state index is 0.0362. The number of benzene rings is 2. The first-order valence-corrected chi connectivity index (χ1v) is 13.9. The first kappa shape index (κ1) is 28.2. The molecular formula is C32H22F4N6O3. The van der Waals surface area contributed by atoms with Gasteiger partial charge < -0.3 is 19.6 Å². The van der Waals surface area contributed by atoms with E-state index in [1.165, 1.54) is 47.3 Å². The van der Waals surface area contributed by atoms with E-state index in [1.54, 1.807) is 24.3 Å². The molecule has 1 atom stereocenters. The molecule has 226 valence electrons. The molecule has 1 aliphatic heterocycles. The SMILES string of the molecule is O=C(O)c1ncccc1C1CCn2c1nc1cc(NC(=O)c3cc4cc(C(F)(F)F)ccc4n3Cc3cccc(F)c3)cnc12. The van der Waals surface area contributed by atoms with Gasteiger partial charge in [0.1, 0.15) is 22.9 Å². The van der Waals surface area contributed by atoms with Crippen molar-refractivity contribution in [3.63, 3.8) is 0 Å². The molecule has 0 bridgehead atoms. The van der Waals surface area contributed by atoms with Crippen molar-refractivity contribution in [3.05, 3.63) is 119 Å². The van der Waals surface area contributed by atoms with Crippen LogP contribution in [0.1, 0.15) is 55.8 Å². The van der Waals surface area contributed by atoms with Crippen molar-refractivity contribution in [3.8, 4) is 0 Å². The van der Waals surface area contributed by atoms with Crippen molar-refractivity contribution in [2.45, 2.75) is 31.6 Å². The Kier molecular flexibility index (Phi) is 6.61. The number of imidazole rings is 1. The van der Waals surface area contributed by atoms with E-state index >= 15 is 0 Å². The Hall–Kier alpha value is -5.59. The summed E-state index contributed by atoms with van der Waals surface area (Å²) in [5, 5.41) is 12.6. The number of aromatic carboxylic acids is 1. The van der Waals surface area contributed by atoms with Gasteiger partial charge in [-0.1, -0.05) is 18.2 Å². The first-order valence-electron chi connectivity index (χ1n) is 13.9. The predicted octanol–water partition coefficient (Wildman–Crippen LogP) is 6.47. The van der Waals surface area contributed by atoms with Crippen LogP contribution in [0.3, 0.4) is 0 Å². The molecule has 1 aliphatic rings. The fraction of sp³-hybridized carbons (Fsp3) is 0.156. The molecule has 0 saturated heterocycles. The van der Waals surface area contributed by atoms with E-state index in [-0.39, 0.29) is 29.2 Å². The van der Waals surface area contributed by atoms with Gasteiger partial charge in [-0.3, -0.25) is 4.79 Å². The number of hydrogen-bond donors (Lipinski definition) is 2. The molecule has 4 aromatic heterocycles. The Morgan fingerprint density at radius 3 is 2.64 bits per heavy atom. The number of carboxylic acids is 1. The van der Waals surface area contributed by atoms with Gasteiger partial charge >= 0.3 is 12.1 Å². The number of anilines is 1. The first-order chi connectivity index (χ1) is 21.6. The van der Waals surface area contributed by atoms with Crippen molar-refractivity contribution < 1.29 is 32.3 Å². The third kappa shape index (κ3) is 5.05. The Morgan fingerprint density at radius 2 is 1.87 bits per heavy atom. The quantitative estimate of drug-likeness (QED) is 0.208. The van der Waals surface area contributed by atoms with Crippen LogP contribution < -0.4 is 5.32 Å². The summed E-state index contributed by atoms with van der Waals surface area (Å²) in [4.78, 5) is 38.6. The van der Waals surface area contributed by atoms with Crippen LogP contribution in [0.15, 0.2) is 79.1 Å². The number of carbonyl (C=O) groups excluding carboxylic acids is 1. The number of nitrogens with zero attached hydrogens (tertiary/aromatic N) is 5. The van der Waals surface area contributed by atoms with Crippen LogP contribution >= 0.6 is 0 Å². The second-order valence-corrected chi connectivity index (χ2v) is 10.7. The third-order valence-electron chi connectivity index (χ3n) is 7.93. The van der Waals surface area contributed by atoms with Crippen LogP contribution in [0.5, 0.6) is 0 Å². The van der Waals surface area contributed by atoms with Gasteiger partial charge in [-0.2, -0.15) is 13.2 Å². The Balaban J connectivity index is 1.23. The molecule has 1 amide bonds. The number of aromatic nitrogens is 5. The number of alkyl halides is 3. The third-order valence-corrected chi connectivity index (χ3v) is 7.93. The maximum atomic E-state index is 13.9. The smallest absolute Gasteiger partial charge is 0.416 e. The molecule has 0 aliphatic carbocycles. The van der Waals surface area contributed by atoms with Crippen LogP contribution in [-0.2, 0) is 19.3 Å². The summed E-state index contributed by atoms with van der Waals surface area (Å²) < 4.78 is 57.7. The summed E-state index contributed by atoms with van der Waals surface area (Å²) in [6.07, 6.45) is -1.07. The van der Waals surface area contributed by atoms with E-state index < -0.39 is 29.4 Å². The highest BCUT2D eigenvalue weighted by atomic mass is 19.4. The van der Waals surface area contributed by atoms with Gasteiger partial charge in [0.15, 0.2) is 11.3 Å². The zero-order chi connectivity index (χ0) is 31.5. The van der Waals surface area contributed by atoms with Gasteiger partial charge in [0.05, 0.1) is 17.4 Å². The number of rotatable bonds is 6. The lowest BCUT2D eigenvalue weighted by molar-refractivity contribution is -0.137. The summed E-state index contributed by atoms with van der Waals surface area (Å²) in [5.74, 6) is -1.90. The van der Waals surface area contributed by atoms with Crippen LogP contribution in [0.2, 0.25) is 0 Å². The molecule has 13 heteroatoms. The number of halogens is 4. The summed E-state index contributed by atoms with van der Waals surface area (Å²) >= 11 is 0. The highest BCUT2D eigenvalue weighted by Gasteiger charge is 2.33. The summed E-state index contributed by atoms with van der Waals surface area (Å²) in [7, 11) is 0. The monoisotopic (exact) mass is 614 g/mol. The number of hydrogen-bond acceptors (Lipinski definition) is 5. The Morgan fingerprint density at radius 1 is 1.02 bits per heavy atom. The van der Waals surface area contributed by atoms with E-state index in [2.05, 4.69) is 15.3 Å². The number of aryl methyl sites for hydroxylation is 1. The molecule has 0 saturated carbocycles. The number of fused-ring (bicyclic) bond motifs is 4. The zero-order valence-electron chi connectivity index (χ0n) is 23.2. The lowest BCUT2D eigenvalue weighted by Crippen LogP contribution is -2.17. The molecular weight excluding hydrogens is 592 g/mol. The van der Waals surface area contributed by atoms with Gasteiger partial charge in [-0.05, 0) is 66.1 Å². The molecule has 9 nitrogen and oxygen atoms in total. The molecule has 2 N–H and O–H groups in total. The number of amides is 1.